The average molecular weight is 577 g/mol. The summed E-state index contributed by atoms with van der Waals surface area (Å²) in [7, 11) is -1.10. The molecule has 3 aromatic carbocycles. The van der Waals surface area contributed by atoms with E-state index in [2.05, 4.69) is 26.9 Å². The topological polar surface area (TPSA) is 44.8 Å². The average Bonchev–Trinajstić information content (AvgIpc) is 2.98. The van der Waals surface area contributed by atoms with Crippen LogP contribution >= 0.6 is 0 Å². The Morgan fingerprint density at radius 1 is 0.585 bits per heavy atom. The molecule has 3 aromatic rings. The molecule has 0 atom stereocenters. The van der Waals surface area contributed by atoms with Crippen LogP contribution in [0.1, 0.15) is 94.8 Å². The molecule has 0 unspecified atom stereocenters. The van der Waals surface area contributed by atoms with E-state index in [0.717, 1.165) is 48.3 Å². The zero-order chi connectivity index (χ0) is 29.3. The first-order chi connectivity index (χ1) is 19.9. The third-order valence-corrected chi connectivity index (χ3v) is 11.2. The van der Waals surface area contributed by atoms with Gasteiger partial charge in [-0.15, -0.1) is 0 Å². The lowest BCUT2D eigenvalue weighted by Crippen LogP contribution is -2.25. The molecular weight excluding hydrogens is 524 g/mol. The summed E-state index contributed by atoms with van der Waals surface area (Å²) in [5.41, 5.74) is 0.528. The lowest BCUT2D eigenvalue weighted by molar-refractivity contribution is 0.0734. The Morgan fingerprint density at radius 2 is 1.12 bits per heavy atom. The highest BCUT2D eigenvalue weighted by Crippen LogP contribution is 2.25. The molecule has 224 valence electrons. The van der Waals surface area contributed by atoms with Crippen molar-refractivity contribution in [2.24, 2.45) is 0 Å². The Kier molecular flexibility index (Phi) is 14.3. The second-order valence-electron chi connectivity index (χ2n) is 12.1. The number of benzene rings is 3. The fraction of sp³-hybridized carbons (Fsp3) is 0.528. The summed E-state index contributed by atoms with van der Waals surface area (Å²) in [6.07, 6.45) is 14.0. The van der Waals surface area contributed by atoms with E-state index in [0.29, 0.717) is 11.3 Å². The minimum Gasteiger partial charge on any atom is -0.494 e. The number of ether oxygens (including phenoxy) is 3. The van der Waals surface area contributed by atoms with Crippen LogP contribution < -0.4 is 14.2 Å². The van der Waals surface area contributed by atoms with Gasteiger partial charge in [0.2, 0.25) is 0 Å². The second kappa shape index (κ2) is 17.9. The normalized spacial score (nSPS) is 11.5. The molecule has 0 radical (unpaired) electrons. The molecule has 0 aliphatic heterocycles. The van der Waals surface area contributed by atoms with E-state index in [9.17, 15) is 4.79 Å². The highest BCUT2D eigenvalue weighted by Gasteiger charge is 2.19. The van der Waals surface area contributed by atoms with Crippen LogP contribution in [0.5, 0.6) is 17.2 Å². The molecule has 5 heteroatoms. The summed E-state index contributed by atoms with van der Waals surface area (Å²) in [5, 5.41) is 2.04. The predicted octanol–water partition coefficient (Wildman–Crippen LogP) is 10.9. The van der Waals surface area contributed by atoms with Crippen molar-refractivity contribution < 1.29 is 19.0 Å². The van der Waals surface area contributed by atoms with Crippen molar-refractivity contribution in [3.63, 3.8) is 0 Å². The molecular formula is C36H52O4Si. The van der Waals surface area contributed by atoms with Crippen molar-refractivity contribution in [2.75, 3.05) is 13.2 Å². The van der Waals surface area contributed by atoms with Gasteiger partial charge in [-0.1, -0.05) is 109 Å². The summed E-state index contributed by atoms with van der Waals surface area (Å²) in [6.45, 7) is 10.9. The highest BCUT2D eigenvalue weighted by atomic mass is 28.3. The third-order valence-electron chi connectivity index (χ3n) is 7.82. The zero-order valence-electron chi connectivity index (χ0n) is 26.0. The van der Waals surface area contributed by atoms with Gasteiger partial charge in [0.25, 0.3) is 0 Å². The minimum absolute atomic E-state index is 0.366. The SMILES string of the molecule is CCCCCCCCCCOc1ccc2cc(C(=O)Oc3ccc(OCCC[Si](C)(C)CCCC)cc3)ccc2c1. The molecule has 4 nitrogen and oxygen atoms in total. The lowest BCUT2D eigenvalue weighted by Gasteiger charge is -2.22. The van der Waals surface area contributed by atoms with Crippen molar-refractivity contribution in [3.8, 4) is 17.2 Å². The van der Waals surface area contributed by atoms with Crippen LogP contribution in [0.4, 0.5) is 0 Å². The Balaban J connectivity index is 1.40. The molecule has 0 N–H and O–H groups in total. The van der Waals surface area contributed by atoms with Crippen molar-refractivity contribution in [3.05, 3.63) is 66.2 Å². The first-order valence-electron chi connectivity index (χ1n) is 16.0. The summed E-state index contributed by atoms with van der Waals surface area (Å²) in [6, 6.07) is 21.7. The maximum atomic E-state index is 12.8. The van der Waals surface area contributed by atoms with Crippen LogP contribution in [0.15, 0.2) is 60.7 Å². The number of carbonyl (C=O) groups is 1. The van der Waals surface area contributed by atoms with Gasteiger partial charge >= 0.3 is 5.97 Å². The fourth-order valence-electron chi connectivity index (χ4n) is 5.16. The largest absolute Gasteiger partial charge is 0.494 e. The first-order valence-corrected chi connectivity index (χ1v) is 19.4. The molecule has 0 bridgehead atoms. The van der Waals surface area contributed by atoms with E-state index in [-0.39, 0.29) is 5.97 Å². The number of fused-ring (bicyclic) bond motifs is 1. The van der Waals surface area contributed by atoms with Crippen molar-refractivity contribution in [2.45, 2.75) is 110 Å². The highest BCUT2D eigenvalue weighted by molar-refractivity contribution is 6.77. The maximum absolute atomic E-state index is 12.8. The minimum atomic E-state index is -1.10. The van der Waals surface area contributed by atoms with Gasteiger partial charge in [0.15, 0.2) is 0 Å². The van der Waals surface area contributed by atoms with E-state index in [1.165, 1.54) is 69.9 Å². The zero-order valence-corrected chi connectivity index (χ0v) is 27.0. The number of esters is 1. The van der Waals surface area contributed by atoms with Crippen LogP contribution in [-0.4, -0.2) is 27.3 Å². The number of carbonyl (C=O) groups excluding carboxylic acids is 1. The summed E-state index contributed by atoms with van der Waals surface area (Å²) in [5.74, 6) is 1.83. The van der Waals surface area contributed by atoms with Crippen LogP contribution in [0.3, 0.4) is 0 Å². The van der Waals surface area contributed by atoms with E-state index >= 15 is 0 Å². The Labute approximate surface area is 249 Å². The van der Waals surface area contributed by atoms with Gasteiger partial charge in [0.05, 0.1) is 18.8 Å². The number of rotatable bonds is 20. The van der Waals surface area contributed by atoms with Gasteiger partial charge in [-0.3, -0.25) is 0 Å². The molecule has 0 aliphatic carbocycles. The number of unbranched alkanes of at least 4 members (excludes halogenated alkanes) is 8. The van der Waals surface area contributed by atoms with E-state index in [1.807, 2.05) is 48.5 Å². The molecule has 0 aliphatic rings. The smallest absolute Gasteiger partial charge is 0.343 e. The maximum Gasteiger partial charge on any atom is 0.343 e. The molecule has 41 heavy (non-hydrogen) atoms. The van der Waals surface area contributed by atoms with Crippen LogP contribution in [0.25, 0.3) is 10.8 Å². The second-order valence-corrected chi connectivity index (χ2v) is 17.5. The molecule has 0 saturated heterocycles. The molecule has 0 aromatic heterocycles. The number of hydrogen-bond donors (Lipinski definition) is 0. The molecule has 0 amide bonds. The van der Waals surface area contributed by atoms with Gasteiger partial charge in [-0.25, -0.2) is 4.79 Å². The molecule has 3 rings (SSSR count). The van der Waals surface area contributed by atoms with E-state index in [1.54, 1.807) is 12.1 Å². The number of hydrogen-bond acceptors (Lipinski definition) is 4. The van der Waals surface area contributed by atoms with Gasteiger partial charge in [0, 0.05) is 8.07 Å². The monoisotopic (exact) mass is 576 g/mol. The van der Waals surface area contributed by atoms with Crippen LogP contribution in [0, 0.1) is 0 Å². The van der Waals surface area contributed by atoms with Gasteiger partial charge in [0.1, 0.15) is 17.2 Å². The molecule has 0 fully saturated rings. The van der Waals surface area contributed by atoms with E-state index in [4.69, 9.17) is 14.2 Å². The predicted molar refractivity (Wildman–Crippen MR) is 176 cm³/mol. The van der Waals surface area contributed by atoms with Crippen molar-refractivity contribution >= 4 is 24.8 Å². The molecule has 0 saturated carbocycles. The van der Waals surface area contributed by atoms with Gasteiger partial charge in [-0.05, 0) is 72.1 Å². The Hall–Kier alpha value is -2.79. The Bertz CT molecular complexity index is 1170. The summed E-state index contributed by atoms with van der Waals surface area (Å²) < 4.78 is 17.6. The van der Waals surface area contributed by atoms with Crippen molar-refractivity contribution in [1.29, 1.82) is 0 Å². The fourth-order valence-corrected chi connectivity index (χ4v) is 7.82. The molecule has 0 spiro atoms. The van der Waals surface area contributed by atoms with Crippen molar-refractivity contribution in [1.82, 2.24) is 0 Å². The van der Waals surface area contributed by atoms with Gasteiger partial charge < -0.3 is 14.2 Å². The van der Waals surface area contributed by atoms with Crippen LogP contribution in [0.2, 0.25) is 25.2 Å². The lowest BCUT2D eigenvalue weighted by atomic mass is 10.1. The van der Waals surface area contributed by atoms with Gasteiger partial charge in [-0.2, -0.15) is 0 Å². The molecule has 0 heterocycles. The summed E-state index contributed by atoms with van der Waals surface area (Å²) >= 11 is 0. The third kappa shape index (κ3) is 12.3. The standard InChI is InChI=1S/C36H52O4Si/c1-5-7-9-10-11-12-13-14-24-39-35-19-18-30-28-32(17-16-31(30)29-35)36(37)40-34-22-20-33(21-23-34)38-25-15-27-41(3,4)26-8-6-2/h16-23,28-29H,5-15,24-27H2,1-4H3. The summed E-state index contributed by atoms with van der Waals surface area (Å²) in [4.78, 5) is 12.8. The van der Waals surface area contributed by atoms with E-state index < -0.39 is 8.07 Å². The first kappa shape index (κ1) is 32.7. The quantitative estimate of drug-likeness (QED) is 0.0581. The van der Waals surface area contributed by atoms with Crippen LogP contribution in [-0.2, 0) is 0 Å². The Morgan fingerprint density at radius 3 is 1.85 bits per heavy atom.